The number of hydrogen-bond donors (Lipinski definition) is 1. The van der Waals surface area contributed by atoms with Gasteiger partial charge in [-0.25, -0.2) is 4.79 Å². The highest BCUT2D eigenvalue weighted by molar-refractivity contribution is 5.80. The van der Waals surface area contributed by atoms with Gasteiger partial charge in [-0.05, 0) is 24.0 Å². The summed E-state index contributed by atoms with van der Waals surface area (Å²) in [5.41, 5.74) is 2.43. The first-order valence-electron chi connectivity index (χ1n) is 6.94. The summed E-state index contributed by atoms with van der Waals surface area (Å²) in [7, 11) is 0. The van der Waals surface area contributed by atoms with Crippen molar-refractivity contribution in [2.24, 2.45) is 0 Å². The van der Waals surface area contributed by atoms with Crippen molar-refractivity contribution in [2.75, 3.05) is 19.6 Å². The van der Waals surface area contributed by atoms with Crippen LogP contribution in [-0.4, -0.2) is 46.5 Å². The third-order valence-electron chi connectivity index (χ3n) is 3.49. The fourth-order valence-corrected chi connectivity index (χ4v) is 2.53. The molecule has 2 rings (SSSR count). The predicted octanol–water partition coefficient (Wildman–Crippen LogP) is 1.96. The molecule has 5 nitrogen and oxygen atoms in total. The van der Waals surface area contributed by atoms with Crippen LogP contribution in [0.5, 0.6) is 0 Å². The number of rotatable bonds is 4. The highest BCUT2D eigenvalue weighted by Crippen LogP contribution is 2.19. The van der Waals surface area contributed by atoms with Gasteiger partial charge in [0, 0.05) is 19.6 Å². The highest BCUT2D eigenvalue weighted by Gasteiger charge is 2.25. The molecular weight excluding hydrogens is 256 g/mol. The smallest absolute Gasteiger partial charge is 0.323 e. The van der Waals surface area contributed by atoms with E-state index in [0.717, 1.165) is 18.4 Å². The van der Waals surface area contributed by atoms with E-state index in [2.05, 4.69) is 6.07 Å². The lowest BCUT2D eigenvalue weighted by molar-refractivity contribution is -0.137. The van der Waals surface area contributed by atoms with Gasteiger partial charge in [0.25, 0.3) is 0 Å². The third kappa shape index (κ3) is 3.29. The summed E-state index contributed by atoms with van der Waals surface area (Å²) in [4.78, 5) is 26.4. The summed E-state index contributed by atoms with van der Waals surface area (Å²) >= 11 is 0. The van der Waals surface area contributed by atoms with Crippen LogP contribution in [0.25, 0.3) is 0 Å². The van der Waals surface area contributed by atoms with Gasteiger partial charge in [-0.1, -0.05) is 31.2 Å². The van der Waals surface area contributed by atoms with E-state index in [1.165, 1.54) is 10.5 Å². The summed E-state index contributed by atoms with van der Waals surface area (Å²) in [6.45, 7) is 3.40. The van der Waals surface area contributed by atoms with Gasteiger partial charge in [0.2, 0.25) is 0 Å². The quantitative estimate of drug-likeness (QED) is 0.914. The molecule has 0 radical (unpaired) electrons. The Morgan fingerprint density at radius 1 is 1.30 bits per heavy atom. The first kappa shape index (κ1) is 14.4. The lowest BCUT2D eigenvalue weighted by Gasteiger charge is -2.33. The molecule has 0 spiro atoms. The molecule has 1 N–H and O–H groups in total. The van der Waals surface area contributed by atoms with E-state index in [4.69, 9.17) is 5.11 Å². The number of urea groups is 1. The van der Waals surface area contributed by atoms with Crippen LogP contribution in [0.2, 0.25) is 0 Å². The standard InChI is InChI=1S/C15H20N2O3/c1-2-8-16(11-14(18)19)15(20)17-9-7-12-5-3-4-6-13(12)10-17/h3-6H,2,7-11H2,1H3,(H,18,19). The van der Waals surface area contributed by atoms with E-state index >= 15 is 0 Å². The third-order valence-corrected chi connectivity index (χ3v) is 3.49. The fraction of sp³-hybridized carbons (Fsp3) is 0.467. The Morgan fingerprint density at radius 2 is 2.00 bits per heavy atom. The minimum absolute atomic E-state index is 0.177. The van der Waals surface area contributed by atoms with Gasteiger partial charge >= 0.3 is 12.0 Å². The zero-order valence-corrected chi connectivity index (χ0v) is 11.7. The largest absolute Gasteiger partial charge is 0.480 e. The molecule has 108 valence electrons. The molecule has 0 aromatic heterocycles. The van der Waals surface area contributed by atoms with Crippen molar-refractivity contribution in [3.8, 4) is 0 Å². The average molecular weight is 276 g/mol. The lowest BCUT2D eigenvalue weighted by atomic mass is 10.0. The van der Waals surface area contributed by atoms with Crippen LogP contribution in [0.15, 0.2) is 24.3 Å². The molecule has 0 fully saturated rings. The minimum Gasteiger partial charge on any atom is -0.480 e. The Morgan fingerprint density at radius 3 is 2.65 bits per heavy atom. The maximum Gasteiger partial charge on any atom is 0.323 e. The van der Waals surface area contributed by atoms with Gasteiger partial charge in [0.1, 0.15) is 6.54 Å². The lowest BCUT2D eigenvalue weighted by Crippen LogP contribution is -2.47. The molecule has 0 saturated carbocycles. The zero-order valence-electron chi connectivity index (χ0n) is 11.7. The van der Waals surface area contributed by atoms with E-state index < -0.39 is 5.97 Å². The molecule has 0 saturated heterocycles. The molecule has 1 aliphatic rings. The van der Waals surface area contributed by atoms with Gasteiger partial charge in [0.05, 0.1) is 0 Å². The summed E-state index contributed by atoms with van der Waals surface area (Å²) in [6, 6.07) is 7.90. The number of carbonyl (C=O) groups excluding carboxylic acids is 1. The highest BCUT2D eigenvalue weighted by atomic mass is 16.4. The van der Waals surface area contributed by atoms with E-state index in [-0.39, 0.29) is 12.6 Å². The number of nitrogens with zero attached hydrogens (tertiary/aromatic N) is 2. The van der Waals surface area contributed by atoms with Crippen LogP contribution in [0.3, 0.4) is 0 Å². The van der Waals surface area contributed by atoms with Gasteiger partial charge in [-0.3, -0.25) is 4.79 Å². The van der Waals surface area contributed by atoms with Crippen molar-refractivity contribution in [1.29, 1.82) is 0 Å². The first-order valence-corrected chi connectivity index (χ1v) is 6.94. The Hall–Kier alpha value is -2.04. The molecule has 1 aromatic rings. The number of carboxylic acid groups (broad SMARTS) is 1. The monoisotopic (exact) mass is 276 g/mol. The second-order valence-electron chi connectivity index (χ2n) is 5.04. The Labute approximate surface area is 118 Å². The number of carbonyl (C=O) groups is 2. The molecule has 0 bridgehead atoms. The molecule has 0 aliphatic carbocycles. The maximum absolute atomic E-state index is 12.4. The van der Waals surface area contributed by atoms with Crippen molar-refractivity contribution in [1.82, 2.24) is 9.80 Å². The molecule has 1 heterocycles. The number of hydrogen-bond acceptors (Lipinski definition) is 2. The van der Waals surface area contributed by atoms with Crippen molar-refractivity contribution >= 4 is 12.0 Å². The number of aliphatic carboxylic acids is 1. The molecule has 0 atom stereocenters. The predicted molar refractivity (Wildman–Crippen MR) is 75.5 cm³/mol. The van der Waals surface area contributed by atoms with E-state index in [1.54, 1.807) is 4.90 Å². The van der Waals surface area contributed by atoms with Gasteiger partial charge < -0.3 is 14.9 Å². The Balaban J connectivity index is 2.07. The summed E-state index contributed by atoms with van der Waals surface area (Å²) in [5.74, 6) is -0.968. The van der Waals surface area contributed by atoms with Gasteiger partial charge in [0.15, 0.2) is 0 Å². The molecule has 0 unspecified atom stereocenters. The van der Waals surface area contributed by atoms with Gasteiger partial charge in [-0.15, -0.1) is 0 Å². The number of amides is 2. The zero-order chi connectivity index (χ0) is 14.5. The molecular formula is C15H20N2O3. The SMILES string of the molecule is CCCN(CC(=O)O)C(=O)N1CCc2ccccc2C1. The number of fused-ring (bicyclic) bond motifs is 1. The second-order valence-corrected chi connectivity index (χ2v) is 5.04. The Kier molecular flexibility index (Phi) is 4.61. The van der Waals surface area contributed by atoms with E-state index in [0.29, 0.717) is 19.6 Å². The molecule has 2 amide bonds. The maximum atomic E-state index is 12.4. The first-order chi connectivity index (χ1) is 9.61. The summed E-state index contributed by atoms with van der Waals surface area (Å²) < 4.78 is 0. The fourth-order valence-electron chi connectivity index (χ4n) is 2.53. The topological polar surface area (TPSA) is 60.9 Å². The van der Waals surface area contributed by atoms with Crippen LogP contribution in [0, 0.1) is 0 Å². The van der Waals surface area contributed by atoms with Crippen LogP contribution in [0.1, 0.15) is 24.5 Å². The molecule has 20 heavy (non-hydrogen) atoms. The van der Waals surface area contributed by atoms with Crippen molar-refractivity contribution in [2.45, 2.75) is 26.3 Å². The molecule has 1 aromatic carbocycles. The van der Waals surface area contributed by atoms with Crippen LogP contribution < -0.4 is 0 Å². The number of carboxylic acids is 1. The van der Waals surface area contributed by atoms with Crippen LogP contribution >= 0.6 is 0 Å². The number of benzene rings is 1. The van der Waals surface area contributed by atoms with Gasteiger partial charge in [-0.2, -0.15) is 0 Å². The van der Waals surface area contributed by atoms with Crippen molar-refractivity contribution in [3.63, 3.8) is 0 Å². The summed E-state index contributed by atoms with van der Waals surface area (Å²) in [6.07, 6.45) is 1.58. The van der Waals surface area contributed by atoms with Crippen molar-refractivity contribution < 1.29 is 14.7 Å². The summed E-state index contributed by atoms with van der Waals surface area (Å²) in [5, 5.41) is 8.90. The average Bonchev–Trinajstić information content (AvgIpc) is 2.45. The molecule has 5 heteroatoms. The Bertz CT molecular complexity index is 502. The van der Waals surface area contributed by atoms with E-state index in [9.17, 15) is 9.59 Å². The second kappa shape index (κ2) is 6.41. The van der Waals surface area contributed by atoms with E-state index in [1.807, 2.05) is 25.1 Å². The van der Waals surface area contributed by atoms with Crippen LogP contribution in [0.4, 0.5) is 4.79 Å². The minimum atomic E-state index is -0.968. The van der Waals surface area contributed by atoms with Crippen molar-refractivity contribution in [3.05, 3.63) is 35.4 Å². The molecule has 1 aliphatic heterocycles. The van der Waals surface area contributed by atoms with Crippen LogP contribution in [-0.2, 0) is 17.8 Å². The normalized spacial score (nSPS) is 13.8.